The molecule has 1 aliphatic heterocycles. The Morgan fingerprint density at radius 1 is 1.25 bits per heavy atom. The van der Waals surface area contributed by atoms with Gasteiger partial charge in [0.15, 0.2) is 0 Å². The summed E-state index contributed by atoms with van der Waals surface area (Å²) in [7, 11) is 3.14. The van der Waals surface area contributed by atoms with E-state index in [2.05, 4.69) is 10.2 Å². The normalized spacial score (nSPS) is 26.9. The molecule has 0 aromatic heterocycles. The second-order valence-corrected chi connectivity index (χ2v) is 10.3. The SMILES string of the molecule is COc1cc(N)c(Cl)cc1C(=O)N[C@H]1CCN(C[C@@H]2CCCC[C@@]2(O)c2cccc(O)c2)C[C@H]1OC. The number of carbonyl (C=O) groups excluding carboxylic acids is 1. The van der Waals surface area contributed by atoms with Gasteiger partial charge in [-0.1, -0.05) is 36.6 Å². The number of likely N-dealkylation sites (tertiary alicyclic amines) is 1. The first-order valence-electron chi connectivity index (χ1n) is 12.5. The lowest BCUT2D eigenvalue weighted by atomic mass is 9.71. The van der Waals surface area contributed by atoms with Gasteiger partial charge >= 0.3 is 0 Å². The number of rotatable bonds is 7. The number of anilines is 1. The fourth-order valence-corrected chi connectivity index (χ4v) is 5.81. The molecule has 9 heteroatoms. The van der Waals surface area contributed by atoms with E-state index < -0.39 is 5.60 Å². The van der Waals surface area contributed by atoms with Crippen LogP contribution in [0.2, 0.25) is 5.02 Å². The average Bonchev–Trinajstić information content (AvgIpc) is 2.87. The Morgan fingerprint density at radius 3 is 2.78 bits per heavy atom. The van der Waals surface area contributed by atoms with Crippen molar-refractivity contribution in [1.29, 1.82) is 0 Å². The quantitative estimate of drug-likeness (QED) is 0.415. The molecule has 36 heavy (non-hydrogen) atoms. The lowest BCUT2D eigenvalue weighted by molar-refractivity contribution is -0.0760. The van der Waals surface area contributed by atoms with Crippen LogP contribution in [0.4, 0.5) is 5.69 Å². The summed E-state index contributed by atoms with van der Waals surface area (Å²) in [5, 5.41) is 25.1. The molecule has 4 atom stereocenters. The highest BCUT2D eigenvalue weighted by atomic mass is 35.5. The molecule has 1 aliphatic carbocycles. The van der Waals surface area contributed by atoms with Crippen LogP contribution >= 0.6 is 11.6 Å². The molecule has 5 N–H and O–H groups in total. The summed E-state index contributed by atoms with van der Waals surface area (Å²) in [6, 6.07) is 9.87. The van der Waals surface area contributed by atoms with E-state index in [4.69, 9.17) is 26.8 Å². The highest BCUT2D eigenvalue weighted by Gasteiger charge is 2.42. The number of ether oxygens (including phenoxy) is 2. The molecule has 0 unspecified atom stereocenters. The van der Waals surface area contributed by atoms with E-state index in [0.717, 1.165) is 31.4 Å². The summed E-state index contributed by atoms with van der Waals surface area (Å²) in [5.74, 6) is 0.280. The Morgan fingerprint density at radius 2 is 2.06 bits per heavy atom. The zero-order valence-corrected chi connectivity index (χ0v) is 21.6. The third-order valence-corrected chi connectivity index (χ3v) is 8.01. The zero-order valence-electron chi connectivity index (χ0n) is 20.9. The first kappa shape index (κ1) is 26.5. The monoisotopic (exact) mass is 517 g/mol. The number of nitrogens with two attached hydrogens (primary N) is 1. The van der Waals surface area contributed by atoms with E-state index in [1.54, 1.807) is 31.4 Å². The molecule has 4 rings (SSSR count). The Bertz CT molecular complexity index is 1080. The van der Waals surface area contributed by atoms with Gasteiger partial charge in [-0.05, 0) is 43.0 Å². The number of nitrogens with zero attached hydrogens (tertiary/aromatic N) is 1. The van der Waals surface area contributed by atoms with Crippen LogP contribution in [0.25, 0.3) is 0 Å². The molecule has 1 amide bonds. The minimum absolute atomic E-state index is 0.0397. The predicted octanol–water partition coefficient (Wildman–Crippen LogP) is 3.53. The van der Waals surface area contributed by atoms with Crippen molar-refractivity contribution in [2.45, 2.75) is 49.9 Å². The van der Waals surface area contributed by atoms with Crippen molar-refractivity contribution in [3.05, 3.63) is 52.5 Å². The van der Waals surface area contributed by atoms with Crippen LogP contribution in [-0.4, -0.2) is 67.0 Å². The molecule has 2 aliphatic rings. The van der Waals surface area contributed by atoms with E-state index >= 15 is 0 Å². The fraction of sp³-hybridized carbons (Fsp3) is 0.519. The molecule has 1 heterocycles. The van der Waals surface area contributed by atoms with Crippen molar-refractivity contribution >= 4 is 23.2 Å². The number of methoxy groups -OCH3 is 2. The predicted molar refractivity (Wildman–Crippen MR) is 139 cm³/mol. The molecular weight excluding hydrogens is 482 g/mol. The van der Waals surface area contributed by atoms with Crippen molar-refractivity contribution in [1.82, 2.24) is 10.2 Å². The Kier molecular flexibility index (Phi) is 8.30. The Hall–Kier alpha value is -2.52. The number of phenolic OH excluding ortho intramolecular Hbond substituents is 1. The van der Waals surface area contributed by atoms with Crippen LogP contribution in [0.5, 0.6) is 11.5 Å². The van der Waals surface area contributed by atoms with Gasteiger partial charge in [0.1, 0.15) is 11.5 Å². The molecule has 0 spiro atoms. The van der Waals surface area contributed by atoms with Gasteiger partial charge in [0.2, 0.25) is 0 Å². The molecule has 1 saturated heterocycles. The largest absolute Gasteiger partial charge is 0.508 e. The second kappa shape index (κ2) is 11.3. The number of aliphatic hydroxyl groups is 1. The third-order valence-electron chi connectivity index (χ3n) is 7.69. The van der Waals surface area contributed by atoms with Crippen LogP contribution in [0.15, 0.2) is 36.4 Å². The zero-order chi connectivity index (χ0) is 25.9. The van der Waals surface area contributed by atoms with Crippen LogP contribution in [0, 0.1) is 5.92 Å². The second-order valence-electron chi connectivity index (χ2n) is 9.89. The lowest BCUT2D eigenvalue weighted by Crippen LogP contribution is -2.56. The smallest absolute Gasteiger partial charge is 0.255 e. The topological polar surface area (TPSA) is 117 Å². The minimum atomic E-state index is -0.977. The molecule has 1 saturated carbocycles. The number of nitrogen functional groups attached to an aromatic ring is 1. The first-order valence-corrected chi connectivity index (χ1v) is 12.8. The van der Waals surface area contributed by atoms with E-state index in [0.29, 0.717) is 48.0 Å². The van der Waals surface area contributed by atoms with Crippen LogP contribution in [-0.2, 0) is 10.3 Å². The van der Waals surface area contributed by atoms with Gasteiger partial charge < -0.3 is 35.6 Å². The Labute approximate surface area is 217 Å². The summed E-state index contributed by atoms with van der Waals surface area (Å²) in [5.41, 5.74) is 6.32. The number of benzene rings is 2. The van der Waals surface area contributed by atoms with Crippen molar-refractivity contribution in [2.24, 2.45) is 5.92 Å². The van der Waals surface area contributed by atoms with Gasteiger partial charge in [-0.25, -0.2) is 0 Å². The van der Waals surface area contributed by atoms with E-state index in [9.17, 15) is 15.0 Å². The van der Waals surface area contributed by atoms with Crippen LogP contribution < -0.4 is 15.8 Å². The first-order chi connectivity index (χ1) is 17.2. The molecule has 0 bridgehead atoms. The highest BCUT2D eigenvalue weighted by Crippen LogP contribution is 2.43. The van der Waals surface area contributed by atoms with Gasteiger partial charge in [-0.2, -0.15) is 0 Å². The minimum Gasteiger partial charge on any atom is -0.508 e. The summed E-state index contributed by atoms with van der Waals surface area (Å²) < 4.78 is 11.1. The molecule has 0 radical (unpaired) electrons. The number of hydrogen-bond donors (Lipinski definition) is 4. The van der Waals surface area contributed by atoms with Gasteiger partial charge in [-0.15, -0.1) is 0 Å². The molecule has 2 aromatic rings. The average molecular weight is 518 g/mol. The van der Waals surface area contributed by atoms with Crippen molar-refractivity contribution in [2.75, 3.05) is 39.6 Å². The maximum Gasteiger partial charge on any atom is 0.255 e. The number of amides is 1. The number of phenols is 1. The molecule has 2 aromatic carbocycles. The van der Waals surface area contributed by atoms with Gasteiger partial charge in [-0.3, -0.25) is 4.79 Å². The van der Waals surface area contributed by atoms with Crippen molar-refractivity contribution in [3.63, 3.8) is 0 Å². The van der Waals surface area contributed by atoms with E-state index in [1.165, 1.54) is 13.2 Å². The Balaban J connectivity index is 1.43. The van der Waals surface area contributed by atoms with Gasteiger partial charge in [0, 0.05) is 38.7 Å². The highest BCUT2D eigenvalue weighted by molar-refractivity contribution is 6.33. The van der Waals surface area contributed by atoms with Crippen molar-refractivity contribution in [3.8, 4) is 11.5 Å². The van der Waals surface area contributed by atoms with E-state index in [1.807, 2.05) is 6.07 Å². The van der Waals surface area contributed by atoms with Crippen LogP contribution in [0.1, 0.15) is 48.0 Å². The maximum absolute atomic E-state index is 13.1. The number of aromatic hydroxyl groups is 1. The molecular formula is C27H36ClN3O5. The fourth-order valence-electron chi connectivity index (χ4n) is 5.65. The van der Waals surface area contributed by atoms with Gasteiger partial charge in [0.05, 0.1) is 41.1 Å². The number of hydrogen-bond acceptors (Lipinski definition) is 7. The number of carbonyl (C=O) groups is 1. The summed E-state index contributed by atoms with van der Waals surface area (Å²) >= 11 is 6.15. The molecule has 8 nitrogen and oxygen atoms in total. The standard InChI is InChI=1S/C27H36ClN3O5/c1-35-24-14-22(29)21(28)13-20(24)26(33)30-23-9-11-31(16-25(23)36-2)15-18-6-3-4-10-27(18,34)17-7-5-8-19(32)12-17/h5,7-8,12-14,18,23,25,32,34H,3-4,6,9-11,15-16,29H2,1-2H3,(H,30,33)/t18-,23-,25+,27+/m0/s1. The lowest BCUT2D eigenvalue weighted by Gasteiger charge is -2.45. The summed E-state index contributed by atoms with van der Waals surface area (Å²) in [4.78, 5) is 15.4. The number of nitrogens with one attached hydrogen (secondary N) is 1. The summed E-state index contributed by atoms with van der Waals surface area (Å²) in [6.07, 6.45) is 4.10. The maximum atomic E-state index is 13.1. The van der Waals surface area contributed by atoms with Gasteiger partial charge in [0.25, 0.3) is 5.91 Å². The summed E-state index contributed by atoms with van der Waals surface area (Å²) in [6.45, 7) is 2.11. The number of piperidine rings is 1. The molecule has 196 valence electrons. The number of halogens is 1. The van der Waals surface area contributed by atoms with Crippen molar-refractivity contribution < 1.29 is 24.5 Å². The third kappa shape index (κ3) is 5.57. The van der Waals surface area contributed by atoms with E-state index in [-0.39, 0.29) is 29.7 Å². The molecule has 2 fully saturated rings. The van der Waals surface area contributed by atoms with Crippen LogP contribution in [0.3, 0.4) is 0 Å².